The van der Waals surface area contributed by atoms with Crippen molar-refractivity contribution in [2.75, 3.05) is 0 Å². The lowest BCUT2D eigenvalue weighted by molar-refractivity contribution is 0.475. The van der Waals surface area contributed by atoms with Crippen LogP contribution in [-0.4, -0.2) is 22.7 Å². The fourth-order valence-corrected chi connectivity index (χ4v) is 1.43. The van der Waals surface area contributed by atoms with Crippen LogP contribution in [-0.2, 0) is 6.67 Å². The number of rotatable bonds is 2. The van der Waals surface area contributed by atoms with Crippen molar-refractivity contribution in [2.45, 2.75) is 6.67 Å². The van der Waals surface area contributed by atoms with Gasteiger partial charge in [-0.15, -0.1) is 0 Å². The van der Waals surface area contributed by atoms with Gasteiger partial charge in [0.1, 0.15) is 31.8 Å². The lowest BCUT2D eigenvalue weighted by atomic mass is 9.94. The normalized spacial score (nSPS) is 10.6. The largest absolute Gasteiger partial charge is 0.509 e. The maximum Gasteiger partial charge on any atom is 0.271 e. The standard InChI is InChI=1S/C11H7BF2N2O2/c12-7-2-8(14)9(3-10(7)17)16-11(18)1-6(4-13)5-15-16/h1-3,5,17H,4H2. The summed E-state index contributed by atoms with van der Waals surface area (Å²) in [6.07, 6.45) is 1.11. The van der Waals surface area contributed by atoms with E-state index in [-0.39, 0.29) is 22.5 Å². The monoisotopic (exact) mass is 248 g/mol. The lowest BCUT2D eigenvalue weighted by Gasteiger charge is -2.08. The zero-order valence-corrected chi connectivity index (χ0v) is 9.10. The smallest absolute Gasteiger partial charge is 0.271 e. The Labute approximate surface area is 102 Å². The molecular formula is C11H7BF2N2O2. The molecule has 0 atom stereocenters. The summed E-state index contributed by atoms with van der Waals surface area (Å²) in [4.78, 5) is 11.6. The first-order valence-electron chi connectivity index (χ1n) is 4.95. The maximum atomic E-state index is 13.6. The summed E-state index contributed by atoms with van der Waals surface area (Å²) < 4.78 is 26.6. The van der Waals surface area contributed by atoms with Crippen LogP contribution in [0.1, 0.15) is 5.56 Å². The second-order valence-electron chi connectivity index (χ2n) is 3.61. The second kappa shape index (κ2) is 4.60. The third-order valence-corrected chi connectivity index (χ3v) is 2.34. The molecule has 2 rings (SSSR count). The number of benzene rings is 1. The van der Waals surface area contributed by atoms with E-state index in [1.807, 2.05) is 0 Å². The van der Waals surface area contributed by atoms with Crippen molar-refractivity contribution in [3.63, 3.8) is 0 Å². The van der Waals surface area contributed by atoms with Gasteiger partial charge in [0.25, 0.3) is 5.56 Å². The van der Waals surface area contributed by atoms with E-state index in [0.29, 0.717) is 4.68 Å². The molecule has 0 spiro atoms. The molecule has 0 bridgehead atoms. The zero-order valence-electron chi connectivity index (χ0n) is 9.10. The molecule has 90 valence electrons. The fraction of sp³-hybridized carbons (Fsp3) is 0.0909. The van der Waals surface area contributed by atoms with E-state index in [1.165, 1.54) is 0 Å². The summed E-state index contributed by atoms with van der Waals surface area (Å²) >= 11 is 0. The van der Waals surface area contributed by atoms with Crippen LogP contribution in [0.2, 0.25) is 0 Å². The van der Waals surface area contributed by atoms with E-state index in [0.717, 1.165) is 24.4 Å². The topological polar surface area (TPSA) is 55.1 Å². The third kappa shape index (κ3) is 2.11. The molecule has 1 aromatic carbocycles. The number of hydrogen-bond donors (Lipinski definition) is 1. The van der Waals surface area contributed by atoms with Gasteiger partial charge in [-0.2, -0.15) is 9.78 Å². The van der Waals surface area contributed by atoms with Crippen LogP contribution < -0.4 is 11.0 Å². The minimum atomic E-state index is -0.835. The average Bonchev–Trinajstić information content (AvgIpc) is 2.34. The zero-order chi connectivity index (χ0) is 13.3. The van der Waals surface area contributed by atoms with Gasteiger partial charge in [0.05, 0.1) is 6.20 Å². The number of nitrogens with zero attached hydrogens (tertiary/aromatic N) is 2. The highest BCUT2D eigenvalue weighted by molar-refractivity contribution is 6.34. The molecule has 7 heteroatoms. The van der Waals surface area contributed by atoms with E-state index < -0.39 is 18.1 Å². The number of halogens is 2. The molecule has 1 aromatic heterocycles. The SMILES string of the molecule is [B]c1cc(F)c(-n2ncc(CF)cc2=O)cc1O. The summed E-state index contributed by atoms with van der Waals surface area (Å²) in [5.41, 5.74) is -1.01. The first-order chi connectivity index (χ1) is 8.52. The molecule has 0 saturated heterocycles. The van der Waals surface area contributed by atoms with Crippen molar-refractivity contribution in [1.82, 2.24) is 9.78 Å². The van der Waals surface area contributed by atoms with Gasteiger partial charge < -0.3 is 5.11 Å². The Hall–Kier alpha value is -2.18. The number of aromatic hydroxyl groups is 1. The summed E-state index contributed by atoms with van der Waals surface area (Å²) in [5, 5.41) is 13.0. The highest BCUT2D eigenvalue weighted by Crippen LogP contribution is 2.15. The van der Waals surface area contributed by atoms with Crippen LogP contribution in [0, 0.1) is 5.82 Å². The van der Waals surface area contributed by atoms with Crippen molar-refractivity contribution in [1.29, 1.82) is 0 Å². The van der Waals surface area contributed by atoms with E-state index in [9.17, 15) is 18.7 Å². The number of hydrogen-bond acceptors (Lipinski definition) is 3. The Morgan fingerprint density at radius 2 is 2.11 bits per heavy atom. The minimum absolute atomic E-state index is 0.0938. The summed E-state index contributed by atoms with van der Waals surface area (Å²) in [6.45, 7) is -0.835. The number of phenolic OH excluding ortho intramolecular Hbond substituents is 1. The number of alkyl halides is 1. The molecule has 0 aliphatic carbocycles. The lowest BCUT2D eigenvalue weighted by Crippen LogP contribution is -2.22. The van der Waals surface area contributed by atoms with Gasteiger partial charge in [-0.3, -0.25) is 4.79 Å². The molecule has 2 aromatic rings. The van der Waals surface area contributed by atoms with E-state index in [1.54, 1.807) is 0 Å². The molecule has 1 N–H and O–H groups in total. The van der Waals surface area contributed by atoms with Gasteiger partial charge in [0.15, 0.2) is 0 Å². The van der Waals surface area contributed by atoms with Crippen LogP contribution in [0.15, 0.2) is 29.2 Å². The van der Waals surface area contributed by atoms with Gasteiger partial charge in [-0.05, 0) is 6.07 Å². The molecule has 18 heavy (non-hydrogen) atoms. The molecule has 2 radical (unpaired) electrons. The molecule has 0 fully saturated rings. The van der Waals surface area contributed by atoms with Crippen LogP contribution in [0.5, 0.6) is 5.75 Å². The van der Waals surface area contributed by atoms with E-state index in [2.05, 4.69) is 5.10 Å². The van der Waals surface area contributed by atoms with Gasteiger partial charge >= 0.3 is 0 Å². The molecule has 0 amide bonds. The molecule has 0 unspecified atom stereocenters. The Morgan fingerprint density at radius 3 is 2.72 bits per heavy atom. The highest BCUT2D eigenvalue weighted by atomic mass is 19.1. The highest BCUT2D eigenvalue weighted by Gasteiger charge is 2.11. The van der Waals surface area contributed by atoms with Gasteiger partial charge in [0.2, 0.25) is 0 Å². The van der Waals surface area contributed by atoms with E-state index >= 15 is 0 Å². The maximum absolute atomic E-state index is 13.6. The van der Waals surface area contributed by atoms with Crippen LogP contribution in [0.4, 0.5) is 8.78 Å². The van der Waals surface area contributed by atoms with E-state index in [4.69, 9.17) is 7.85 Å². The van der Waals surface area contributed by atoms with Crippen molar-refractivity contribution in [3.8, 4) is 11.4 Å². The molecule has 0 aliphatic heterocycles. The predicted molar refractivity (Wildman–Crippen MR) is 61.7 cm³/mol. The van der Waals surface area contributed by atoms with Crippen molar-refractivity contribution in [3.05, 3.63) is 46.1 Å². The van der Waals surface area contributed by atoms with Crippen molar-refractivity contribution in [2.24, 2.45) is 0 Å². The summed E-state index contributed by atoms with van der Waals surface area (Å²) in [5.74, 6) is -1.18. The molecule has 0 aliphatic rings. The molecule has 0 saturated carbocycles. The van der Waals surface area contributed by atoms with Gasteiger partial charge in [0, 0.05) is 17.7 Å². The van der Waals surface area contributed by atoms with Gasteiger partial charge in [-0.1, -0.05) is 5.46 Å². The molecule has 4 nitrogen and oxygen atoms in total. The Kier molecular flexibility index (Phi) is 3.14. The molecular weight excluding hydrogens is 241 g/mol. The van der Waals surface area contributed by atoms with Crippen LogP contribution in [0.3, 0.4) is 0 Å². The van der Waals surface area contributed by atoms with Crippen LogP contribution >= 0.6 is 0 Å². The molecule has 1 heterocycles. The fourth-order valence-electron chi connectivity index (χ4n) is 1.43. The Morgan fingerprint density at radius 1 is 1.39 bits per heavy atom. The van der Waals surface area contributed by atoms with Gasteiger partial charge in [-0.25, -0.2) is 8.78 Å². The van der Waals surface area contributed by atoms with Crippen molar-refractivity contribution >= 4 is 13.3 Å². The Balaban J connectivity index is 2.62. The van der Waals surface area contributed by atoms with Crippen molar-refractivity contribution < 1.29 is 13.9 Å². The summed E-state index contributed by atoms with van der Waals surface area (Å²) in [7, 11) is 5.30. The average molecular weight is 248 g/mol. The minimum Gasteiger partial charge on any atom is -0.509 e. The van der Waals surface area contributed by atoms with Crippen LogP contribution in [0.25, 0.3) is 5.69 Å². The second-order valence-corrected chi connectivity index (χ2v) is 3.61. The quantitative estimate of drug-likeness (QED) is 0.779. The first-order valence-corrected chi connectivity index (χ1v) is 4.95. The predicted octanol–water partition coefficient (Wildman–Crippen LogP) is 0.340. The third-order valence-electron chi connectivity index (χ3n) is 2.34. The Bertz CT molecular complexity index is 658. The number of aromatic nitrogens is 2. The first kappa shape index (κ1) is 12.3. The number of phenols is 1. The summed E-state index contributed by atoms with van der Waals surface area (Å²) in [6, 6.07) is 2.86.